The summed E-state index contributed by atoms with van der Waals surface area (Å²) < 4.78 is 0. The van der Waals surface area contributed by atoms with Gasteiger partial charge >= 0.3 is 5.97 Å². The van der Waals surface area contributed by atoms with E-state index in [4.69, 9.17) is 23.2 Å². The highest BCUT2D eigenvalue weighted by molar-refractivity contribution is 7.98. The first kappa shape index (κ1) is 16.0. The Bertz CT molecular complexity index is 710. The molecular weight excluding hydrogens is 333 g/mol. The van der Waals surface area contributed by atoms with Crippen LogP contribution < -0.4 is 0 Å². The fraction of sp³-hybridized carbons (Fsp3) is 0.231. The molecule has 0 aliphatic heterocycles. The Balaban J connectivity index is 2.31. The number of carboxylic acid groups (broad SMARTS) is 1. The van der Waals surface area contributed by atoms with Gasteiger partial charge in [0.2, 0.25) is 0 Å². The fourth-order valence-electron chi connectivity index (χ4n) is 1.73. The molecule has 0 saturated heterocycles. The molecule has 21 heavy (non-hydrogen) atoms. The molecule has 5 nitrogen and oxygen atoms in total. The molecule has 0 bridgehead atoms. The summed E-state index contributed by atoms with van der Waals surface area (Å²) in [6.45, 7) is 3.36. The van der Waals surface area contributed by atoms with Gasteiger partial charge in [0.25, 0.3) is 0 Å². The van der Waals surface area contributed by atoms with E-state index in [1.165, 1.54) is 11.8 Å². The van der Waals surface area contributed by atoms with Gasteiger partial charge in [0.15, 0.2) is 0 Å². The second kappa shape index (κ2) is 6.60. The van der Waals surface area contributed by atoms with Crippen molar-refractivity contribution in [1.29, 1.82) is 0 Å². The van der Waals surface area contributed by atoms with Gasteiger partial charge in [-0.2, -0.15) is 0 Å². The summed E-state index contributed by atoms with van der Waals surface area (Å²) in [7, 11) is 0. The number of carbonyl (C=O) groups is 1. The number of carboxylic acids is 1. The molecule has 0 saturated carbocycles. The summed E-state index contributed by atoms with van der Waals surface area (Å²) >= 11 is 13.1. The van der Waals surface area contributed by atoms with Crippen molar-refractivity contribution in [3.63, 3.8) is 0 Å². The van der Waals surface area contributed by atoms with Crippen LogP contribution in [0.4, 0.5) is 0 Å². The lowest BCUT2D eigenvalue weighted by Gasteiger charge is -2.09. The third-order valence-corrected chi connectivity index (χ3v) is 4.15. The minimum absolute atomic E-state index is 0.101. The van der Waals surface area contributed by atoms with Crippen molar-refractivity contribution in [1.82, 2.24) is 15.0 Å². The van der Waals surface area contributed by atoms with Crippen LogP contribution in [-0.4, -0.2) is 26.0 Å². The molecular formula is C13H11Cl2N3O2S. The van der Waals surface area contributed by atoms with Crippen molar-refractivity contribution in [2.45, 2.75) is 24.6 Å². The zero-order valence-corrected chi connectivity index (χ0v) is 13.6. The SMILES string of the molecule is Cc1nc(C)c(C(=O)O)c(SCc2nc(Cl)ccc2Cl)n1. The number of halogens is 2. The number of aromatic carboxylic acids is 1. The van der Waals surface area contributed by atoms with Gasteiger partial charge in [0.1, 0.15) is 21.6 Å². The lowest BCUT2D eigenvalue weighted by atomic mass is 10.2. The molecule has 2 heterocycles. The van der Waals surface area contributed by atoms with Crippen LogP contribution in [0.1, 0.15) is 27.6 Å². The maximum absolute atomic E-state index is 11.3. The molecule has 0 atom stereocenters. The molecule has 8 heteroatoms. The molecule has 0 aliphatic rings. The standard InChI is InChI=1S/C13H11Cl2N3O2S/c1-6-11(13(19)20)12(17-7(2)16-6)21-5-9-8(14)3-4-10(15)18-9/h3-4H,5H2,1-2H3,(H,19,20). The van der Waals surface area contributed by atoms with Gasteiger partial charge < -0.3 is 5.11 Å². The van der Waals surface area contributed by atoms with Crippen molar-refractivity contribution in [3.8, 4) is 0 Å². The molecule has 1 N–H and O–H groups in total. The molecule has 0 radical (unpaired) electrons. The minimum Gasteiger partial charge on any atom is -0.478 e. The lowest BCUT2D eigenvalue weighted by Crippen LogP contribution is -2.08. The van der Waals surface area contributed by atoms with E-state index in [1.54, 1.807) is 26.0 Å². The topological polar surface area (TPSA) is 76.0 Å². The maximum atomic E-state index is 11.3. The molecule has 2 rings (SSSR count). The first-order chi connectivity index (χ1) is 9.88. The highest BCUT2D eigenvalue weighted by Gasteiger charge is 2.18. The van der Waals surface area contributed by atoms with Crippen molar-refractivity contribution in [2.75, 3.05) is 0 Å². The Morgan fingerprint density at radius 2 is 1.95 bits per heavy atom. The summed E-state index contributed by atoms with van der Waals surface area (Å²) in [5.74, 6) is -0.166. The number of aromatic nitrogens is 3. The zero-order valence-electron chi connectivity index (χ0n) is 11.2. The summed E-state index contributed by atoms with van der Waals surface area (Å²) in [6.07, 6.45) is 0. The molecule has 2 aromatic heterocycles. The van der Waals surface area contributed by atoms with E-state index in [0.717, 1.165) is 0 Å². The molecule has 0 fully saturated rings. The molecule has 0 amide bonds. The van der Waals surface area contributed by atoms with Gasteiger partial charge in [-0.25, -0.2) is 19.7 Å². The second-order valence-corrected chi connectivity index (χ2v) is 5.95. The Labute approximate surface area is 135 Å². The summed E-state index contributed by atoms with van der Waals surface area (Å²) in [5.41, 5.74) is 1.12. The van der Waals surface area contributed by atoms with Gasteiger partial charge in [-0.05, 0) is 26.0 Å². The van der Waals surface area contributed by atoms with Crippen molar-refractivity contribution < 1.29 is 9.90 Å². The quantitative estimate of drug-likeness (QED) is 0.517. The minimum atomic E-state index is -1.06. The lowest BCUT2D eigenvalue weighted by molar-refractivity contribution is 0.0690. The zero-order chi connectivity index (χ0) is 15.6. The predicted molar refractivity (Wildman–Crippen MR) is 82.3 cm³/mol. The number of thioether (sulfide) groups is 1. The number of rotatable bonds is 4. The Morgan fingerprint density at radius 3 is 2.62 bits per heavy atom. The largest absolute Gasteiger partial charge is 0.478 e. The first-order valence-electron chi connectivity index (χ1n) is 5.90. The van der Waals surface area contributed by atoms with Crippen LogP contribution in [0.3, 0.4) is 0 Å². The van der Waals surface area contributed by atoms with Gasteiger partial charge in [-0.3, -0.25) is 0 Å². The normalized spacial score (nSPS) is 10.7. The van der Waals surface area contributed by atoms with Gasteiger partial charge in [0.05, 0.1) is 16.4 Å². The van der Waals surface area contributed by atoms with E-state index >= 15 is 0 Å². The van der Waals surface area contributed by atoms with Gasteiger partial charge in [0, 0.05) is 5.75 Å². The van der Waals surface area contributed by atoms with Crippen molar-refractivity contribution in [2.24, 2.45) is 0 Å². The number of pyridine rings is 1. The molecule has 0 aromatic carbocycles. The Kier molecular flexibility index (Phi) is 5.03. The number of hydrogen-bond donors (Lipinski definition) is 1. The smallest absolute Gasteiger partial charge is 0.340 e. The van der Waals surface area contributed by atoms with E-state index < -0.39 is 5.97 Å². The number of hydrogen-bond acceptors (Lipinski definition) is 5. The highest BCUT2D eigenvalue weighted by atomic mass is 35.5. The average Bonchev–Trinajstić information content (AvgIpc) is 2.38. The summed E-state index contributed by atoms with van der Waals surface area (Å²) in [5, 5.41) is 10.5. The van der Waals surface area contributed by atoms with E-state index in [0.29, 0.717) is 38.2 Å². The van der Waals surface area contributed by atoms with E-state index in [1.807, 2.05) is 0 Å². The van der Waals surface area contributed by atoms with Crippen LogP contribution in [0.2, 0.25) is 10.2 Å². The van der Waals surface area contributed by atoms with Crippen LogP contribution in [0, 0.1) is 13.8 Å². The third kappa shape index (κ3) is 3.84. The van der Waals surface area contributed by atoms with Crippen molar-refractivity contribution in [3.05, 3.63) is 45.1 Å². The third-order valence-electron chi connectivity index (χ3n) is 2.61. The molecule has 0 spiro atoms. The summed E-state index contributed by atoms with van der Waals surface area (Å²) in [6, 6.07) is 3.25. The van der Waals surface area contributed by atoms with Crippen LogP contribution in [0.15, 0.2) is 17.2 Å². The summed E-state index contributed by atoms with van der Waals surface area (Å²) in [4.78, 5) is 23.7. The van der Waals surface area contributed by atoms with Crippen LogP contribution >= 0.6 is 35.0 Å². The first-order valence-corrected chi connectivity index (χ1v) is 7.65. The monoisotopic (exact) mass is 343 g/mol. The van der Waals surface area contributed by atoms with Gasteiger partial charge in [-0.15, -0.1) is 0 Å². The molecule has 2 aromatic rings. The average molecular weight is 344 g/mol. The van der Waals surface area contributed by atoms with E-state index in [-0.39, 0.29) is 5.56 Å². The van der Waals surface area contributed by atoms with Gasteiger partial charge in [-0.1, -0.05) is 35.0 Å². The van der Waals surface area contributed by atoms with E-state index in [2.05, 4.69) is 15.0 Å². The van der Waals surface area contributed by atoms with Crippen molar-refractivity contribution >= 4 is 40.9 Å². The van der Waals surface area contributed by atoms with Crippen LogP contribution in [0.5, 0.6) is 0 Å². The van der Waals surface area contributed by atoms with Crippen LogP contribution in [0.25, 0.3) is 0 Å². The number of aryl methyl sites for hydroxylation is 2. The molecule has 0 unspecified atom stereocenters. The number of nitrogens with zero attached hydrogens (tertiary/aromatic N) is 3. The second-order valence-electron chi connectivity index (χ2n) is 4.19. The van der Waals surface area contributed by atoms with E-state index in [9.17, 15) is 9.90 Å². The predicted octanol–water partition coefficient (Wildman–Crippen LogP) is 3.79. The molecule has 110 valence electrons. The Morgan fingerprint density at radius 1 is 1.24 bits per heavy atom. The molecule has 0 aliphatic carbocycles. The Hall–Kier alpha value is -1.37. The van der Waals surface area contributed by atoms with Crippen LogP contribution in [-0.2, 0) is 5.75 Å². The maximum Gasteiger partial charge on any atom is 0.340 e. The fourth-order valence-corrected chi connectivity index (χ4v) is 3.21. The highest BCUT2D eigenvalue weighted by Crippen LogP contribution is 2.28.